The Labute approximate surface area is 224 Å². The molecule has 206 valence electrons. The van der Waals surface area contributed by atoms with Crippen LogP contribution in [0.25, 0.3) is 0 Å². The molecule has 0 unspecified atom stereocenters. The van der Waals surface area contributed by atoms with Crippen molar-refractivity contribution < 1.29 is 29.3 Å². The predicted molar refractivity (Wildman–Crippen MR) is 140 cm³/mol. The summed E-state index contributed by atoms with van der Waals surface area (Å²) in [6.07, 6.45) is 7.41. The second-order valence-corrected chi connectivity index (χ2v) is 12.3. The first kappa shape index (κ1) is 25.8. The van der Waals surface area contributed by atoms with Gasteiger partial charge in [0.1, 0.15) is 24.6 Å². The van der Waals surface area contributed by atoms with Crippen molar-refractivity contribution in [3.8, 4) is 5.75 Å². The number of aliphatic hydroxyl groups excluding tert-OH is 2. The zero-order valence-electron chi connectivity index (χ0n) is 22.2. The number of rotatable bonds is 9. The number of carbonyl (C=O) groups excluding carboxylic acids is 2. The monoisotopic (exact) mass is 524 g/mol. The molecule has 0 radical (unpaired) electrons. The van der Waals surface area contributed by atoms with Gasteiger partial charge in [0.15, 0.2) is 0 Å². The molecule has 4 saturated carbocycles. The lowest BCUT2D eigenvalue weighted by atomic mass is 9.49. The van der Waals surface area contributed by atoms with E-state index in [0.29, 0.717) is 24.5 Å². The van der Waals surface area contributed by atoms with Gasteiger partial charge in [0.05, 0.1) is 18.6 Å². The maximum Gasteiger partial charge on any atom is 0.249 e. The summed E-state index contributed by atoms with van der Waals surface area (Å²) in [6.45, 7) is 2.76. The van der Waals surface area contributed by atoms with Crippen molar-refractivity contribution in [1.29, 1.82) is 0 Å². The van der Waals surface area contributed by atoms with Gasteiger partial charge in [0.2, 0.25) is 11.8 Å². The Kier molecular flexibility index (Phi) is 6.99. The molecule has 4 bridgehead atoms. The van der Waals surface area contributed by atoms with Crippen LogP contribution in [0.3, 0.4) is 0 Å². The van der Waals surface area contributed by atoms with Crippen LogP contribution in [0.1, 0.15) is 56.9 Å². The molecule has 3 N–H and O–H groups in total. The van der Waals surface area contributed by atoms with Gasteiger partial charge in [-0.15, -0.1) is 0 Å². The van der Waals surface area contributed by atoms with E-state index in [4.69, 9.17) is 9.47 Å². The predicted octanol–water partition coefficient (Wildman–Crippen LogP) is 2.39. The van der Waals surface area contributed by atoms with E-state index in [2.05, 4.69) is 5.32 Å². The summed E-state index contributed by atoms with van der Waals surface area (Å²) in [4.78, 5) is 28.9. The van der Waals surface area contributed by atoms with Crippen LogP contribution in [0.2, 0.25) is 0 Å². The first-order valence-corrected chi connectivity index (χ1v) is 14.3. The largest absolute Gasteiger partial charge is 0.486 e. The summed E-state index contributed by atoms with van der Waals surface area (Å²) in [5.74, 6) is 1.93. The lowest BCUT2D eigenvalue weighted by Gasteiger charge is -2.58. The third kappa shape index (κ3) is 4.54. The van der Waals surface area contributed by atoms with Gasteiger partial charge >= 0.3 is 0 Å². The Morgan fingerprint density at radius 3 is 2.47 bits per heavy atom. The van der Waals surface area contributed by atoms with Crippen molar-refractivity contribution in [2.45, 2.75) is 69.6 Å². The summed E-state index contributed by atoms with van der Waals surface area (Å²) in [6, 6.07) is 6.85. The maximum atomic E-state index is 13.7. The number of carbonyl (C=O) groups is 2. The number of benzene rings is 1. The van der Waals surface area contributed by atoms with Gasteiger partial charge in [-0.25, -0.2) is 0 Å². The van der Waals surface area contributed by atoms with Gasteiger partial charge < -0.3 is 29.9 Å². The average Bonchev–Trinajstić information content (AvgIpc) is 3.29. The summed E-state index contributed by atoms with van der Waals surface area (Å²) in [7, 11) is 0. The summed E-state index contributed by atoms with van der Waals surface area (Å²) < 4.78 is 11.8. The molecule has 38 heavy (non-hydrogen) atoms. The molecule has 4 atom stereocenters. The molecule has 7 rings (SSSR count). The molecule has 2 amide bonds. The molecule has 0 saturated heterocycles. The standard InChI is InChI=1S/C30H40N2O6/c1-2-37-16-25(34)32(17-30-13-18-9-19(14-30)11-20(10-18)15-30)23-12-22(29(36)31-7-8-33)26-21-5-3-4-6-24(21)38-28(26)27(23)35/h3-6,12,18-20,23,26-28,33,35H,2,7-11,13-17H2,1H3,(H,31,36)/t18?,19?,20?,23-,26+,27+,28+,30?/m1/s1. The maximum absolute atomic E-state index is 13.7. The highest BCUT2D eigenvalue weighted by Gasteiger charge is 2.55. The normalized spacial score (nSPS) is 36.2. The second-order valence-electron chi connectivity index (χ2n) is 12.3. The van der Waals surface area contributed by atoms with E-state index in [1.165, 1.54) is 19.3 Å². The molecule has 8 heteroatoms. The van der Waals surface area contributed by atoms with E-state index in [1.807, 2.05) is 31.2 Å². The summed E-state index contributed by atoms with van der Waals surface area (Å²) in [5, 5.41) is 23.9. The lowest BCUT2D eigenvalue weighted by Crippen LogP contribution is -2.60. The number of para-hydroxylation sites is 1. The Morgan fingerprint density at radius 1 is 1.13 bits per heavy atom. The van der Waals surface area contributed by atoms with Crippen LogP contribution in [0.15, 0.2) is 35.9 Å². The minimum Gasteiger partial charge on any atom is -0.486 e. The Hall–Kier alpha value is -2.42. The van der Waals surface area contributed by atoms with E-state index in [-0.39, 0.29) is 37.0 Å². The Bertz CT molecular complexity index is 1070. The number of hydrogen-bond acceptors (Lipinski definition) is 6. The van der Waals surface area contributed by atoms with Gasteiger partial charge in [-0.3, -0.25) is 9.59 Å². The zero-order valence-corrected chi connectivity index (χ0v) is 22.2. The number of fused-ring (bicyclic) bond motifs is 3. The minimum absolute atomic E-state index is 0.0544. The first-order chi connectivity index (χ1) is 18.4. The van der Waals surface area contributed by atoms with E-state index >= 15 is 0 Å². The molecule has 1 heterocycles. The molecule has 0 aromatic heterocycles. The second kappa shape index (κ2) is 10.3. The van der Waals surface area contributed by atoms with Crippen LogP contribution >= 0.6 is 0 Å². The summed E-state index contributed by atoms with van der Waals surface area (Å²) >= 11 is 0. The van der Waals surface area contributed by atoms with E-state index in [1.54, 1.807) is 11.0 Å². The number of amides is 2. The van der Waals surface area contributed by atoms with Crippen molar-refractivity contribution in [1.82, 2.24) is 10.2 Å². The molecular weight excluding hydrogens is 484 g/mol. The molecule has 6 aliphatic rings. The third-order valence-corrected chi connectivity index (χ3v) is 9.66. The highest BCUT2D eigenvalue weighted by molar-refractivity contribution is 5.96. The molecule has 1 aromatic rings. The molecule has 0 spiro atoms. The number of ether oxygens (including phenoxy) is 2. The van der Waals surface area contributed by atoms with Crippen molar-refractivity contribution in [3.05, 3.63) is 41.5 Å². The highest BCUT2D eigenvalue weighted by atomic mass is 16.5. The first-order valence-electron chi connectivity index (χ1n) is 14.3. The van der Waals surface area contributed by atoms with Crippen LogP contribution in [-0.4, -0.2) is 78.1 Å². The summed E-state index contributed by atoms with van der Waals surface area (Å²) in [5.41, 5.74) is 1.39. The molecule has 4 fully saturated rings. The Balaban J connectivity index is 1.36. The quantitative estimate of drug-likeness (QED) is 0.458. The topological polar surface area (TPSA) is 108 Å². The number of hydrogen-bond donors (Lipinski definition) is 3. The fourth-order valence-electron chi connectivity index (χ4n) is 8.67. The van der Waals surface area contributed by atoms with Crippen LogP contribution in [-0.2, 0) is 14.3 Å². The average molecular weight is 525 g/mol. The van der Waals surface area contributed by atoms with E-state index < -0.39 is 24.2 Å². The van der Waals surface area contributed by atoms with Gasteiger partial charge in [-0.2, -0.15) is 0 Å². The third-order valence-electron chi connectivity index (χ3n) is 9.66. The van der Waals surface area contributed by atoms with Crippen LogP contribution in [0.5, 0.6) is 5.75 Å². The van der Waals surface area contributed by atoms with Crippen molar-refractivity contribution >= 4 is 11.8 Å². The zero-order chi connectivity index (χ0) is 26.4. The Morgan fingerprint density at radius 2 is 1.82 bits per heavy atom. The molecule has 1 aliphatic heterocycles. The smallest absolute Gasteiger partial charge is 0.249 e. The molecular formula is C30H40N2O6. The number of aliphatic hydroxyl groups is 2. The van der Waals surface area contributed by atoms with Crippen LogP contribution in [0, 0.1) is 23.2 Å². The minimum atomic E-state index is -0.999. The van der Waals surface area contributed by atoms with Gasteiger partial charge in [0, 0.05) is 30.8 Å². The van der Waals surface area contributed by atoms with Crippen molar-refractivity contribution in [3.63, 3.8) is 0 Å². The fourth-order valence-corrected chi connectivity index (χ4v) is 8.67. The molecule has 8 nitrogen and oxygen atoms in total. The molecule has 5 aliphatic carbocycles. The van der Waals surface area contributed by atoms with Crippen LogP contribution < -0.4 is 10.1 Å². The number of nitrogens with zero attached hydrogens (tertiary/aromatic N) is 1. The van der Waals surface area contributed by atoms with Crippen molar-refractivity contribution in [2.24, 2.45) is 23.2 Å². The van der Waals surface area contributed by atoms with Gasteiger partial charge in [0.25, 0.3) is 0 Å². The van der Waals surface area contributed by atoms with Crippen molar-refractivity contribution in [2.75, 3.05) is 32.9 Å². The van der Waals surface area contributed by atoms with E-state index in [9.17, 15) is 19.8 Å². The fraction of sp³-hybridized carbons (Fsp3) is 0.667. The van der Waals surface area contributed by atoms with E-state index in [0.717, 1.165) is 42.6 Å². The lowest BCUT2D eigenvalue weighted by molar-refractivity contribution is -0.149. The van der Waals surface area contributed by atoms with Crippen LogP contribution in [0.4, 0.5) is 0 Å². The number of nitrogens with one attached hydrogen (secondary N) is 1. The molecule has 1 aromatic carbocycles. The SMILES string of the molecule is CCOCC(=O)N(CC12CC3CC(CC(C3)C1)C2)[C@@H]1C=C(C(=O)NCCO)[C@@H]2c3ccccc3O[C@@H]2[C@H]1O. The van der Waals surface area contributed by atoms with Gasteiger partial charge in [-0.05, 0) is 80.8 Å². The highest BCUT2D eigenvalue weighted by Crippen LogP contribution is 2.60. The van der Waals surface area contributed by atoms with Gasteiger partial charge in [-0.1, -0.05) is 18.2 Å².